The number of amides is 2. The molecule has 0 aromatic carbocycles. The van der Waals surface area contributed by atoms with Crippen LogP contribution in [0.15, 0.2) is 16.9 Å². The highest BCUT2D eigenvalue weighted by atomic mass is 16.5. The molecule has 23 heavy (non-hydrogen) atoms. The zero-order chi connectivity index (χ0) is 16.1. The van der Waals surface area contributed by atoms with Crippen LogP contribution in [0.4, 0.5) is 5.82 Å². The molecule has 2 heterocycles. The molecule has 1 aliphatic carbocycles. The SMILES string of the molecule is O=C(NCC1CCN(C2CCCC2)CC1)C(=O)Nc1ccon1. The van der Waals surface area contributed by atoms with E-state index in [1.165, 1.54) is 38.0 Å². The van der Waals surface area contributed by atoms with E-state index in [9.17, 15) is 9.59 Å². The monoisotopic (exact) mass is 320 g/mol. The maximum Gasteiger partial charge on any atom is 0.314 e. The van der Waals surface area contributed by atoms with Crippen molar-refractivity contribution in [2.24, 2.45) is 5.92 Å². The number of hydrogen-bond donors (Lipinski definition) is 2. The van der Waals surface area contributed by atoms with Crippen molar-refractivity contribution >= 4 is 17.6 Å². The Bertz CT molecular complexity index is 517. The summed E-state index contributed by atoms with van der Waals surface area (Å²) >= 11 is 0. The molecule has 2 aliphatic rings. The van der Waals surface area contributed by atoms with Crippen molar-refractivity contribution in [3.8, 4) is 0 Å². The molecule has 1 aromatic rings. The number of carbonyl (C=O) groups is 2. The highest BCUT2D eigenvalue weighted by Crippen LogP contribution is 2.27. The lowest BCUT2D eigenvalue weighted by atomic mass is 9.95. The van der Waals surface area contributed by atoms with Gasteiger partial charge in [0.25, 0.3) is 0 Å². The maximum atomic E-state index is 11.8. The van der Waals surface area contributed by atoms with Crippen LogP contribution in [0.2, 0.25) is 0 Å². The van der Waals surface area contributed by atoms with E-state index in [4.69, 9.17) is 0 Å². The van der Waals surface area contributed by atoms with Crippen molar-refractivity contribution in [3.05, 3.63) is 12.3 Å². The average Bonchev–Trinajstić information content (AvgIpc) is 3.26. The summed E-state index contributed by atoms with van der Waals surface area (Å²) in [5, 5.41) is 8.65. The van der Waals surface area contributed by atoms with E-state index in [2.05, 4.69) is 25.2 Å². The van der Waals surface area contributed by atoms with Gasteiger partial charge in [-0.2, -0.15) is 0 Å². The quantitative estimate of drug-likeness (QED) is 0.819. The van der Waals surface area contributed by atoms with Crippen molar-refractivity contribution in [2.75, 3.05) is 25.0 Å². The van der Waals surface area contributed by atoms with Gasteiger partial charge in [-0.15, -0.1) is 0 Å². The summed E-state index contributed by atoms with van der Waals surface area (Å²) in [6.45, 7) is 2.77. The van der Waals surface area contributed by atoms with Gasteiger partial charge in [-0.3, -0.25) is 14.9 Å². The summed E-state index contributed by atoms with van der Waals surface area (Å²) in [6.07, 6.45) is 8.91. The van der Waals surface area contributed by atoms with Crippen molar-refractivity contribution < 1.29 is 14.1 Å². The van der Waals surface area contributed by atoms with Crippen LogP contribution < -0.4 is 10.6 Å². The summed E-state index contributed by atoms with van der Waals surface area (Å²) in [5.41, 5.74) is 0. The Kier molecular flexibility index (Phi) is 5.27. The van der Waals surface area contributed by atoms with Crippen LogP contribution in [0.5, 0.6) is 0 Å². The van der Waals surface area contributed by atoms with E-state index in [1.807, 2.05) is 0 Å². The first-order chi connectivity index (χ1) is 11.2. The van der Waals surface area contributed by atoms with E-state index >= 15 is 0 Å². The molecular formula is C16H24N4O3. The van der Waals surface area contributed by atoms with Crippen LogP contribution >= 0.6 is 0 Å². The summed E-state index contributed by atoms with van der Waals surface area (Å²) in [5.74, 6) is -0.625. The Morgan fingerprint density at radius 1 is 1.17 bits per heavy atom. The van der Waals surface area contributed by atoms with Crippen LogP contribution in [-0.2, 0) is 9.59 Å². The van der Waals surface area contributed by atoms with Gasteiger partial charge in [0.1, 0.15) is 6.26 Å². The molecule has 1 saturated carbocycles. The molecule has 1 aromatic heterocycles. The highest BCUT2D eigenvalue weighted by molar-refractivity contribution is 6.39. The second kappa shape index (κ2) is 7.59. The van der Waals surface area contributed by atoms with Gasteiger partial charge in [-0.1, -0.05) is 18.0 Å². The lowest BCUT2D eigenvalue weighted by molar-refractivity contribution is -0.136. The number of carbonyl (C=O) groups excluding carboxylic acids is 2. The number of nitrogens with one attached hydrogen (secondary N) is 2. The first-order valence-corrected chi connectivity index (χ1v) is 8.46. The Hall–Kier alpha value is -1.89. The fraction of sp³-hybridized carbons (Fsp3) is 0.688. The Morgan fingerprint density at radius 3 is 2.57 bits per heavy atom. The average molecular weight is 320 g/mol. The number of likely N-dealkylation sites (tertiary alicyclic amines) is 1. The molecule has 0 bridgehead atoms. The third kappa shape index (κ3) is 4.31. The molecule has 126 valence electrons. The third-order valence-corrected chi connectivity index (χ3v) is 4.93. The molecule has 0 atom stereocenters. The second-order valence-electron chi connectivity index (χ2n) is 6.47. The molecule has 2 N–H and O–H groups in total. The van der Waals surface area contributed by atoms with Gasteiger partial charge >= 0.3 is 11.8 Å². The van der Waals surface area contributed by atoms with Gasteiger partial charge in [-0.25, -0.2) is 0 Å². The molecular weight excluding hydrogens is 296 g/mol. The first-order valence-electron chi connectivity index (χ1n) is 8.46. The van der Waals surface area contributed by atoms with Crippen molar-refractivity contribution in [1.82, 2.24) is 15.4 Å². The number of nitrogens with zero attached hydrogens (tertiary/aromatic N) is 2. The lowest BCUT2D eigenvalue weighted by Gasteiger charge is -2.36. The minimum Gasteiger partial charge on any atom is -0.363 e. The van der Waals surface area contributed by atoms with Crippen molar-refractivity contribution in [3.63, 3.8) is 0 Å². The topological polar surface area (TPSA) is 87.5 Å². The number of aromatic nitrogens is 1. The van der Waals surface area contributed by atoms with E-state index in [0.29, 0.717) is 12.5 Å². The standard InChI is InChI=1S/C16H24N4O3/c21-15(16(22)18-14-7-10-23-19-14)17-11-12-5-8-20(9-6-12)13-3-1-2-4-13/h7,10,12-13H,1-6,8-9,11H2,(H,17,21)(H,18,19,22). The Balaban J connectivity index is 1.35. The molecule has 7 heteroatoms. The molecule has 2 fully saturated rings. The molecule has 1 saturated heterocycles. The zero-order valence-electron chi connectivity index (χ0n) is 13.3. The van der Waals surface area contributed by atoms with Gasteiger partial charge in [0.05, 0.1) is 0 Å². The summed E-state index contributed by atoms with van der Waals surface area (Å²) in [7, 11) is 0. The van der Waals surface area contributed by atoms with Gasteiger partial charge in [0.15, 0.2) is 5.82 Å². The molecule has 2 amide bonds. The van der Waals surface area contributed by atoms with Crippen molar-refractivity contribution in [2.45, 2.75) is 44.6 Å². The molecule has 0 spiro atoms. The normalized spacial score (nSPS) is 20.5. The van der Waals surface area contributed by atoms with E-state index < -0.39 is 11.8 Å². The third-order valence-electron chi connectivity index (χ3n) is 4.93. The van der Waals surface area contributed by atoms with Crippen LogP contribution in [0.25, 0.3) is 0 Å². The van der Waals surface area contributed by atoms with Gasteiger partial charge in [-0.05, 0) is 44.7 Å². The largest absolute Gasteiger partial charge is 0.363 e. The zero-order valence-corrected chi connectivity index (χ0v) is 13.3. The van der Waals surface area contributed by atoms with Crippen LogP contribution in [-0.4, -0.2) is 47.5 Å². The van der Waals surface area contributed by atoms with E-state index in [0.717, 1.165) is 32.0 Å². The maximum absolute atomic E-state index is 11.8. The highest BCUT2D eigenvalue weighted by Gasteiger charge is 2.27. The summed E-state index contributed by atoms with van der Waals surface area (Å²) < 4.78 is 4.60. The van der Waals surface area contributed by atoms with E-state index in [1.54, 1.807) is 0 Å². The fourth-order valence-electron chi connectivity index (χ4n) is 3.56. The first kappa shape index (κ1) is 16.0. The molecule has 1 aliphatic heterocycles. The van der Waals surface area contributed by atoms with Crippen LogP contribution in [0.1, 0.15) is 38.5 Å². The minimum atomic E-state index is -0.706. The second-order valence-corrected chi connectivity index (χ2v) is 6.47. The van der Waals surface area contributed by atoms with Crippen LogP contribution in [0.3, 0.4) is 0 Å². The Labute approximate surface area is 135 Å². The van der Waals surface area contributed by atoms with Gasteiger partial charge < -0.3 is 14.7 Å². The van der Waals surface area contributed by atoms with Gasteiger partial charge in [0, 0.05) is 18.7 Å². The molecule has 3 rings (SSSR count). The number of rotatable bonds is 4. The lowest BCUT2D eigenvalue weighted by Crippen LogP contribution is -2.44. The number of hydrogen-bond acceptors (Lipinski definition) is 5. The summed E-state index contributed by atoms with van der Waals surface area (Å²) in [4.78, 5) is 26.1. The number of piperidine rings is 1. The van der Waals surface area contributed by atoms with Crippen molar-refractivity contribution in [1.29, 1.82) is 0 Å². The molecule has 0 radical (unpaired) electrons. The Morgan fingerprint density at radius 2 is 1.91 bits per heavy atom. The molecule has 7 nitrogen and oxygen atoms in total. The molecule has 0 unspecified atom stereocenters. The van der Waals surface area contributed by atoms with Gasteiger partial charge in [0.2, 0.25) is 0 Å². The fourth-order valence-corrected chi connectivity index (χ4v) is 3.56. The number of anilines is 1. The smallest absolute Gasteiger partial charge is 0.314 e. The van der Waals surface area contributed by atoms with E-state index in [-0.39, 0.29) is 5.82 Å². The predicted octanol–water partition coefficient (Wildman–Crippen LogP) is 1.38. The summed E-state index contributed by atoms with van der Waals surface area (Å²) in [6, 6.07) is 2.27. The minimum absolute atomic E-state index is 0.245. The predicted molar refractivity (Wildman–Crippen MR) is 84.7 cm³/mol. The van der Waals surface area contributed by atoms with Crippen LogP contribution in [0, 0.1) is 5.92 Å².